The Morgan fingerprint density at radius 2 is 2.27 bits per heavy atom. The van der Waals surface area contributed by atoms with Gasteiger partial charge in [0.05, 0.1) is 18.3 Å². The monoisotopic (exact) mass is 245 g/mol. The largest absolute Gasteiger partial charge is 0.428 e. The molecule has 0 aliphatic carbocycles. The smallest absolute Gasteiger partial charge is 0.299 e. The van der Waals surface area contributed by atoms with Gasteiger partial charge in [0, 0.05) is 6.07 Å². The lowest BCUT2D eigenvalue weighted by Gasteiger charge is -1.98. The highest BCUT2D eigenvalue weighted by Gasteiger charge is 2.05. The van der Waals surface area contributed by atoms with E-state index in [1.54, 1.807) is 0 Å². The molecule has 0 fully saturated rings. The average Bonchev–Trinajstić information content (AvgIpc) is 2.65. The van der Waals surface area contributed by atoms with Crippen LogP contribution in [0.2, 0.25) is 0 Å². The van der Waals surface area contributed by atoms with Crippen molar-refractivity contribution in [2.45, 2.75) is 5.88 Å². The Labute approximate surface area is 93.7 Å². The number of hydrogen-bond donors (Lipinski definition) is 0. The van der Waals surface area contributed by atoms with Crippen LogP contribution >= 0.6 is 22.9 Å². The summed E-state index contributed by atoms with van der Waals surface area (Å²) in [6, 6.07) is 1.22. The molecule has 0 atom stereocenters. The van der Waals surface area contributed by atoms with E-state index in [9.17, 15) is 4.39 Å². The number of nitrogens with zero attached hydrogens (tertiary/aromatic N) is 3. The number of pyridine rings is 1. The first-order valence-corrected chi connectivity index (χ1v) is 5.30. The van der Waals surface area contributed by atoms with Crippen LogP contribution in [0.5, 0.6) is 10.9 Å². The van der Waals surface area contributed by atoms with Gasteiger partial charge in [-0.3, -0.25) is 4.98 Å². The number of alkyl halides is 1. The lowest BCUT2D eigenvalue weighted by Crippen LogP contribution is -1.86. The molecule has 2 rings (SSSR count). The Morgan fingerprint density at radius 1 is 1.40 bits per heavy atom. The highest BCUT2D eigenvalue weighted by atomic mass is 35.5. The molecule has 2 heterocycles. The molecule has 0 aromatic carbocycles. The van der Waals surface area contributed by atoms with E-state index in [0.717, 1.165) is 6.20 Å². The van der Waals surface area contributed by atoms with Crippen molar-refractivity contribution in [2.24, 2.45) is 0 Å². The average molecular weight is 246 g/mol. The topological polar surface area (TPSA) is 47.9 Å². The van der Waals surface area contributed by atoms with Gasteiger partial charge in [0.2, 0.25) is 0 Å². The maximum absolute atomic E-state index is 12.7. The van der Waals surface area contributed by atoms with Crippen LogP contribution in [0.3, 0.4) is 0 Å². The summed E-state index contributed by atoms with van der Waals surface area (Å²) in [5.41, 5.74) is 0. The summed E-state index contributed by atoms with van der Waals surface area (Å²) in [5.74, 6) is 0.101. The molecule has 0 N–H and O–H groups in total. The molecule has 4 nitrogen and oxygen atoms in total. The lowest BCUT2D eigenvalue weighted by atomic mass is 10.4. The van der Waals surface area contributed by atoms with E-state index in [1.165, 1.54) is 23.6 Å². The summed E-state index contributed by atoms with van der Waals surface area (Å²) in [6.45, 7) is 0. The van der Waals surface area contributed by atoms with Gasteiger partial charge < -0.3 is 4.74 Å². The van der Waals surface area contributed by atoms with Gasteiger partial charge in [0.1, 0.15) is 10.8 Å². The number of hydrogen-bond acceptors (Lipinski definition) is 5. The Hall–Kier alpha value is -1.27. The standard InChI is InChI=1S/C8H5ClFN3OS/c9-2-7-12-13-8(15-7)14-6-1-5(10)3-11-4-6/h1,3-4H,2H2. The summed E-state index contributed by atoms with van der Waals surface area (Å²) in [7, 11) is 0. The molecule has 0 radical (unpaired) electrons. The molecule has 0 saturated carbocycles. The van der Waals surface area contributed by atoms with E-state index in [4.69, 9.17) is 16.3 Å². The SMILES string of the molecule is Fc1cncc(Oc2nnc(CCl)s2)c1. The van der Waals surface area contributed by atoms with Crippen LogP contribution in [-0.4, -0.2) is 15.2 Å². The fourth-order valence-electron chi connectivity index (χ4n) is 0.882. The number of aromatic nitrogens is 3. The molecule has 78 valence electrons. The molecule has 15 heavy (non-hydrogen) atoms. The highest BCUT2D eigenvalue weighted by molar-refractivity contribution is 7.13. The summed E-state index contributed by atoms with van der Waals surface area (Å²) in [6.07, 6.45) is 2.49. The van der Waals surface area contributed by atoms with Crippen LogP contribution < -0.4 is 4.74 Å². The van der Waals surface area contributed by atoms with Crippen molar-refractivity contribution in [3.8, 4) is 10.9 Å². The second-order valence-electron chi connectivity index (χ2n) is 2.54. The highest BCUT2D eigenvalue weighted by Crippen LogP contribution is 2.25. The molecule has 0 bridgehead atoms. The first-order valence-electron chi connectivity index (χ1n) is 3.94. The van der Waals surface area contributed by atoms with Gasteiger partial charge in [-0.15, -0.1) is 16.7 Å². The zero-order valence-electron chi connectivity index (χ0n) is 7.35. The Kier molecular flexibility index (Phi) is 3.08. The van der Waals surface area contributed by atoms with Gasteiger partial charge in [-0.05, 0) is 0 Å². The van der Waals surface area contributed by atoms with E-state index >= 15 is 0 Å². The molecule has 0 saturated heterocycles. The molecule has 2 aromatic heterocycles. The third-order valence-electron chi connectivity index (χ3n) is 1.45. The third kappa shape index (κ3) is 2.60. The van der Waals surface area contributed by atoms with Crippen molar-refractivity contribution in [3.63, 3.8) is 0 Å². The molecule has 0 unspecified atom stereocenters. The fourth-order valence-corrected chi connectivity index (χ4v) is 1.66. The minimum absolute atomic E-state index is 0.280. The van der Waals surface area contributed by atoms with Gasteiger partial charge in [-0.25, -0.2) is 4.39 Å². The van der Waals surface area contributed by atoms with Crippen LogP contribution in [0.15, 0.2) is 18.5 Å². The van der Waals surface area contributed by atoms with Gasteiger partial charge >= 0.3 is 0 Å². The Bertz CT molecular complexity index is 465. The van der Waals surface area contributed by atoms with Crippen LogP contribution in [0.4, 0.5) is 4.39 Å². The van der Waals surface area contributed by atoms with Crippen molar-refractivity contribution in [1.29, 1.82) is 0 Å². The molecule has 0 aliphatic heterocycles. The second-order valence-corrected chi connectivity index (χ2v) is 3.83. The minimum Gasteiger partial charge on any atom is -0.428 e. The molecule has 7 heteroatoms. The predicted molar refractivity (Wildman–Crippen MR) is 53.7 cm³/mol. The molecule has 0 aliphatic rings. The predicted octanol–water partition coefficient (Wildman–Crippen LogP) is 2.60. The van der Waals surface area contributed by atoms with Crippen LogP contribution in [-0.2, 0) is 5.88 Å². The molecule has 0 spiro atoms. The molecular formula is C8H5ClFN3OS. The van der Waals surface area contributed by atoms with E-state index in [2.05, 4.69) is 15.2 Å². The van der Waals surface area contributed by atoms with Crippen molar-refractivity contribution < 1.29 is 9.13 Å². The molecule has 0 amide bonds. The van der Waals surface area contributed by atoms with Gasteiger partial charge in [-0.1, -0.05) is 16.4 Å². The molecular weight excluding hydrogens is 241 g/mol. The van der Waals surface area contributed by atoms with Crippen molar-refractivity contribution in [3.05, 3.63) is 29.3 Å². The number of rotatable bonds is 3. The van der Waals surface area contributed by atoms with E-state index < -0.39 is 5.82 Å². The van der Waals surface area contributed by atoms with Crippen molar-refractivity contribution >= 4 is 22.9 Å². The first-order chi connectivity index (χ1) is 7.28. The first kappa shape index (κ1) is 10.3. The zero-order valence-corrected chi connectivity index (χ0v) is 8.93. The zero-order chi connectivity index (χ0) is 10.7. The van der Waals surface area contributed by atoms with Crippen LogP contribution in [0.25, 0.3) is 0 Å². The second kappa shape index (κ2) is 4.50. The van der Waals surface area contributed by atoms with Gasteiger partial charge in [-0.2, -0.15) is 0 Å². The Morgan fingerprint density at radius 3 is 2.93 bits per heavy atom. The third-order valence-corrected chi connectivity index (χ3v) is 2.66. The Balaban J connectivity index is 2.14. The summed E-state index contributed by atoms with van der Waals surface area (Å²) < 4.78 is 18.0. The van der Waals surface area contributed by atoms with Gasteiger partial charge in [0.25, 0.3) is 5.19 Å². The van der Waals surface area contributed by atoms with Crippen molar-refractivity contribution in [2.75, 3.05) is 0 Å². The van der Waals surface area contributed by atoms with Crippen LogP contribution in [0.1, 0.15) is 5.01 Å². The maximum Gasteiger partial charge on any atom is 0.299 e. The summed E-state index contributed by atoms with van der Waals surface area (Å²) in [4.78, 5) is 3.64. The van der Waals surface area contributed by atoms with Gasteiger partial charge in [0.15, 0.2) is 5.75 Å². The fraction of sp³-hybridized carbons (Fsp3) is 0.125. The normalized spacial score (nSPS) is 10.3. The number of halogens is 2. The van der Waals surface area contributed by atoms with E-state index in [0.29, 0.717) is 10.2 Å². The minimum atomic E-state index is -0.463. The van der Waals surface area contributed by atoms with E-state index in [1.807, 2.05) is 0 Å². The van der Waals surface area contributed by atoms with E-state index in [-0.39, 0.29) is 11.6 Å². The van der Waals surface area contributed by atoms with Crippen molar-refractivity contribution in [1.82, 2.24) is 15.2 Å². The lowest BCUT2D eigenvalue weighted by molar-refractivity contribution is 0.464. The summed E-state index contributed by atoms with van der Waals surface area (Å²) in [5, 5.41) is 8.44. The van der Waals surface area contributed by atoms with Crippen LogP contribution in [0, 0.1) is 5.82 Å². The maximum atomic E-state index is 12.7. The quantitative estimate of drug-likeness (QED) is 0.780. The number of ether oxygens (including phenoxy) is 1. The molecule has 2 aromatic rings. The summed E-state index contributed by atoms with van der Waals surface area (Å²) >= 11 is 6.76.